The molecule has 2 saturated heterocycles. The van der Waals surface area contributed by atoms with Crippen molar-refractivity contribution in [2.24, 2.45) is 0 Å². The molecule has 11 heteroatoms. The summed E-state index contributed by atoms with van der Waals surface area (Å²) in [7, 11) is 0. The third-order valence-corrected chi connectivity index (χ3v) is 9.89. The Morgan fingerprint density at radius 1 is 0.750 bits per heavy atom. The molecule has 0 saturated carbocycles. The van der Waals surface area contributed by atoms with Crippen LogP contribution in [0.15, 0.2) is 60.8 Å². The number of hydrogen-bond acceptors (Lipinski definition) is 7. The maximum absolute atomic E-state index is 12.9. The van der Waals surface area contributed by atoms with Crippen LogP contribution in [-0.2, 0) is 16.1 Å². The molecule has 2 amide bonds. The molecule has 3 aromatic carbocycles. The summed E-state index contributed by atoms with van der Waals surface area (Å²) in [6.07, 6.45) is 4.75. The fraction of sp³-hybridized carbons (Fsp3) is 0.415. The Balaban J connectivity index is 0.996. The van der Waals surface area contributed by atoms with Gasteiger partial charge in [-0.2, -0.15) is 0 Å². The van der Waals surface area contributed by atoms with Gasteiger partial charge in [0.2, 0.25) is 0 Å². The molecule has 5 aromatic rings. The van der Waals surface area contributed by atoms with Crippen LogP contribution in [0.2, 0.25) is 0 Å². The maximum atomic E-state index is 12.9. The molecule has 52 heavy (non-hydrogen) atoms. The lowest BCUT2D eigenvalue weighted by Crippen LogP contribution is -2.36. The van der Waals surface area contributed by atoms with Gasteiger partial charge in [0.1, 0.15) is 35.2 Å². The van der Waals surface area contributed by atoms with Crippen molar-refractivity contribution in [3.63, 3.8) is 0 Å². The number of nitrogens with zero attached hydrogens (tertiary/aromatic N) is 4. The van der Waals surface area contributed by atoms with E-state index in [1.165, 1.54) is 0 Å². The molecule has 2 fully saturated rings. The first-order valence-electron chi connectivity index (χ1n) is 18.2. The molecule has 0 unspecified atom stereocenters. The zero-order valence-electron chi connectivity index (χ0n) is 30.7. The minimum atomic E-state index is -0.550. The Bertz CT molecular complexity index is 2170. The molecule has 8 rings (SSSR count). The van der Waals surface area contributed by atoms with Crippen molar-refractivity contribution in [3.8, 4) is 39.3 Å². The van der Waals surface area contributed by atoms with E-state index in [1.54, 1.807) is 9.80 Å². The molecule has 0 radical (unpaired) electrons. The number of aromatic amines is 2. The number of aromatic nitrogens is 4. The summed E-state index contributed by atoms with van der Waals surface area (Å²) in [5.74, 6) is 2.40. The monoisotopic (exact) mass is 702 g/mol. The van der Waals surface area contributed by atoms with Crippen molar-refractivity contribution in [1.29, 1.82) is 0 Å². The molecule has 2 atom stereocenters. The van der Waals surface area contributed by atoms with Gasteiger partial charge in [0.25, 0.3) is 0 Å². The molecule has 3 aliphatic rings. The number of rotatable bonds is 4. The molecule has 2 N–H and O–H groups in total. The highest BCUT2D eigenvalue weighted by Crippen LogP contribution is 2.42. The predicted molar refractivity (Wildman–Crippen MR) is 199 cm³/mol. The van der Waals surface area contributed by atoms with Gasteiger partial charge in [-0.15, -0.1) is 0 Å². The molecule has 270 valence electrons. The van der Waals surface area contributed by atoms with E-state index in [4.69, 9.17) is 19.2 Å². The van der Waals surface area contributed by atoms with Gasteiger partial charge >= 0.3 is 12.2 Å². The topological polar surface area (TPSA) is 126 Å². The zero-order valence-corrected chi connectivity index (χ0v) is 30.7. The standard InChI is InChI=1S/C41H46N6O5/c1-40(2,3)51-38(48)46-17-7-9-33(46)36-42-22-32(45-36)26-12-14-28-27(19-26)23-50-35-21-25(11-15-29(28)35)24-13-16-30-31(20-24)44-37(43-30)34-10-8-18-47(34)39(49)52-41(4,5)6/h11-16,19-22,33-34H,7-10,17-18,23H2,1-6H3,(H,42,45)(H,43,44)/t33-,34-/m0/s1. The van der Waals surface area contributed by atoms with E-state index in [0.29, 0.717) is 19.7 Å². The number of ether oxygens (including phenoxy) is 3. The highest BCUT2D eigenvalue weighted by atomic mass is 16.6. The SMILES string of the molecule is CC(C)(C)OC(=O)N1CCC[C@H]1c1ncc(-c2ccc3c(c2)COc2cc(-c4ccc5nc([C@@H]6CCCN6C(=O)OC(C)(C)C)[nH]c5c4)ccc2-3)[nH]1. The van der Waals surface area contributed by atoms with E-state index in [-0.39, 0.29) is 24.3 Å². The van der Waals surface area contributed by atoms with Crippen LogP contribution in [0.1, 0.15) is 96.5 Å². The van der Waals surface area contributed by atoms with E-state index >= 15 is 0 Å². The Kier molecular flexibility index (Phi) is 8.27. The van der Waals surface area contributed by atoms with Crippen LogP contribution in [0.4, 0.5) is 9.59 Å². The number of fused-ring (bicyclic) bond motifs is 4. The largest absolute Gasteiger partial charge is 0.488 e. The average Bonchev–Trinajstić information content (AvgIpc) is 3.91. The highest BCUT2D eigenvalue weighted by Gasteiger charge is 2.36. The minimum Gasteiger partial charge on any atom is -0.488 e. The van der Waals surface area contributed by atoms with Crippen LogP contribution in [0.3, 0.4) is 0 Å². The molecule has 11 nitrogen and oxygen atoms in total. The zero-order chi connectivity index (χ0) is 36.4. The van der Waals surface area contributed by atoms with Gasteiger partial charge < -0.3 is 24.2 Å². The van der Waals surface area contributed by atoms with E-state index in [2.05, 4.69) is 63.5 Å². The quantitative estimate of drug-likeness (QED) is 0.191. The Hall–Kier alpha value is -5.32. The number of carbonyl (C=O) groups is 2. The fourth-order valence-electron chi connectivity index (χ4n) is 7.54. The van der Waals surface area contributed by atoms with Gasteiger partial charge in [-0.05, 0) is 119 Å². The number of hydrogen-bond donors (Lipinski definition) is 2. The Morgan fingerprint density at radius 3 is 2.06 bits per heavy atom. The van der Waals surface area contributed by atoms with Crippen LogP contribution in [0, 0.1) is 0 Å². The lowest BCUT2D eigenvalue weighted by atomic mass is 9.92. The number of nitrogens with one attached hydrogen (secondary N) is 2. The second-order valence-corrected chi connectivity index (χ2v) is 16.1. The second kappa shape index (κ2) is 12.7. The fourth-order valence-corrected chi connectivity index (χ4v) is 7.54. The molecule has 0 bridgehead atoms. The Morgan fingerprint density at radius 2 is 1.37 bits per heavy atom. The van der Waals surface area contributed by atoms with E-state index in [1.807, 2.05) is 53.8 Å². The van der Waals surface area contributed by atoms with E-state index in [0.717, 1.165) is 93.2 Å². The predicted octanol–water partition coefficient (Wildman–Crippen LogP) is 9.32. The van der Waals surface area contributed by atoms with Gasteiger partial charge in [-0.3, -0.25) is 9.80 Å². The normalized spacial score (nSPS) is 18.7. The van der Waals surface area contributed by atoms with Crippen molar-refractivity contribution in [3.05, 3.63) is 78.0 Å². The number of amides is 2. The van der Waals surface area contributed by atoms with Crippen LogP contribution < -0.4 is 4.74 Å². The molecule has 2 aromatic heterocycles. The van der Waals surface area contributed by atoms with Gasteiger partial charge in [-0.25, -0.2) is 19.6 Å². The molecule has 0 aliphatic carbocycles. The van der Waals surface area contributed by atoms with Crippen molar-refractivity contribution in [2.75, 3.05) is 13.1 Å². The van der Waals surface area contributed by atoms with Crippen molar-refractivity contribution in [2.45, 2.75) is 97.1 Å². The molecule has 0 spiro atoms. The minimum absolute atomic E-state index is 0.136. The van der Waals surface area contributed by atoms with Crippen LogP contribution >= 0.6 is 0 Å². The van der Waals surface area contributed by atoms with Crippen LogP contribution in [0.5, 0.6) is 5.75 Å². The highest BCUT2D eigenvalue weighted by molar-refractivity contribution is 5.85. The van der Waals surface area contributed by atoms with Gasteiger partial charge in [-0.1, -0.05) is 30.3 Å². The van der Waals surface area contributed by atoms with Gasteiger partial charge in [0.15, 0.2) is 0 Å². The third kappa shape index (κ3) is 6.60. The first-order chi connectivity index (χ1) is 24.8. The third-order valence-electron chi connectivity index (χ3n) is 9.89. The molecular formula is C41H46N6O5. The smallest absolute Gasteiger partial charge is 0.410 e. The van der Waals surface area contributed by atoms with E-state index < -0.39 is 11.2 Å². The van der Waals surface area contributed by atoms with E-state index in [9.17, 15) is 9.59 Å². The number of imidazole rings is 2. The number of carbonyl (C=O) groups excluding carboxylic acids is 2. The number of H-pyrrole nitrogens is 2. The summed E-state index contributed by atoms with van der Waals surface area (Å²) in [6.45, 7) is 13.1. The summed E-state index contributed by atoms with van der Waals surface area (Å²) in [6, 6.07) is 18.7. The van der Waals surface area contributed by atoms with Gasteiger partial charge in [0, 0.05) is 18.7 Å². The number of benzene rings is 3. The summed E-state index contributed by atoms with van der Waals surface area (Å²) in [4.78, 5) is 45.9. The molecule has 3 aliphatic heterocycles. The summed E-state index contributed by atoms with van der Waals surface area (Å²) >= 11 is 0. The second-order valence-electron chi connectivity index (χ2n) is 16.1. The van der Waals surface area contributed by atoms with Crippen LogP contribution in [0.25, 0.3) is 44.5 Å². The lowest BCUT2D eigenvalue weighted by Gasteiger charge is -2.27. The number of likely N-dealkylation sites (tertiary alicyclic amines) is 2. The first kappa shape index (κ1) is 33.8. The van der Waals surface area contributed by atoms with Crippen molar-refractivity contribution in [1.82, 2.24) is 29.7 Å². The molecular weight excluding hydrogens is 656 g/mol. The Labute approximate surface area is 303 Å². The lowest BCUT2D eigenvalue weighted by molar-refractivity contribution is 0.0208. The first-order valence-corrected chi connectivity index (χ1v) is 18.2. The van der Waals surface area contributed by atoms with Crippen molar-refractivity contribution < 1.29 is 23.8 Å². The van der Waals surface area contributed by atoms with Gasteiger partial charge in [0.05, 0.1) is 35.0 Å². The van der Waals surface area contributed by atoms with Crippen LogP contribution in [-0.4, -0.2) is 66.2 Å². The maximum Gasteiger partial charge on any atom is 0.410 e. The summed E-state index contributed by atoms with van der Waals surface area (Å²) in [5, 5.41) is 0. The summed E-state index contributed by atoms with van der Waals surface area (Å²) in [5.41, 5.74) is 7.99. The molecule has 5 heterocycles. The van der Waals surface area contributed by atoms with Crippen molar-refractivity contribution >= 4 is 23.2 Å². The summed E-state index contributed by atoms with van der Waals surface area (Å²) < 4.78 is 17.7. The average molecular weight is 703 g/mol.